The van der Waals surface area contributed by atoms with Gasteiger partial charge in [-0.25, -0.2) is 9.67 Å². The lowest BCUT2D eigenvalue weighted by atomic mass is 10.0. The van der Waals surface area contributed by atoms with Crippen molar-refractivity contribution in [3.05, 3.63) is 81.3 Å². The van der Waals surface area contributed by atoms with Crippen molar-refractivity contribution in [2.75, 3.05) is 6.54 Å². The van der Waals surface area contributed by atoms with Gasteiger partial charge in [-0.1, -0.05) is 44.2 Å². The normalized spacial score (nSPS) is 15.8. The van der Waals surface area contributed by atoms with Gasteiger partial charge in [0.05, 0.1) is 12.6 Å². The molecule has 1 atom stereocenters. The lowest BCUT2D eigenvalue weighted by Gasteiger charge is -2.35. The second-order valence-electron chi connectivity index (χ2n) is 9.00. The summed E-state index contributed by atoms with van der Waals surface area (Å²) in [5.74, 6) is 1.73. The third-order valence-electron chi connectivity index (χ3n) is 6.10. The second kappa shape index (κ2) is 9.10. The molecule has 0 fully saturated rings. The van der Waals surface area contributed by atoms with Gasteiger partial charge in [0.2, 0.25) is 0 Å². The highest BCUT2D eigenvalue weighted by molar-refractivity contribution is 5.95. The van der Waals surface area contributed by atoms with Gasteiger partial charge in [0.1, 0.15) is 17.2 Å². The van der Waals surface area contributed by atoms with Gasteiger partial charge in [-0.15, -0.1) is 0 Å². The van der Waals surface area contributed by atoms with Gasteiger partial charge in [0, 0.05) is 25.7 Å². The molecule has 1 aliphatic rings. The third kappa shape index (κ3) is 4.38. The quantitative estimate of drug-likeness (QED) is 0.596. The summed E-state index contributed by atoms with van der Waals surface area (Å²) in [6, 6.07) is 11.7. The summed E-state index contributed by atoms with van der Waals surface area (Å²) in [6.45, 7) is 9.64. The number of pyridine rings is 1. The number of carbonyl (C=O) groups excluding carboxylic acids is 1. The van der Waals surface area contributed by atoms with E-state index in [-0.39, 0.29) is 23.1 Å². The maximum absolute atomic E-state index is 13.8. The number of benzene rings is 1. The first-order valence-corrected chi connectivity index (χ1v) is 11.3. The fourth-order valence-corrected chi connectivity index (χ4v) is 4.30. The zero-order valence-electron chi connectivity index (χ0n) is 19.3. The van der Waals surface area contributed by atoms with Gasteiger partial charge >= 0.3 is 0 Å². The van der Waals surface area contributed by atoms with Crippen molar-refractivity contribution >= 4 is 5.91 Å². The zero-order chi connectivity index (χ0) is 22.8. The molecule has 0 unspecified atom stereocenters. The van der Waals surface area contributed by atoms with E-state index in [1.165, 1.54) is 0 Å². The molecule has 3 aromatic rings. The molecule has 168 valence electrons. The minimum Gasteiger partial charge on any atom is -0.326 e. The van der Waals surface area contributed by atoms with Crippen molar-refractivity contribution in [2.24, 2.45) is 5.92 Å². The van der Waals surface area contributed by atoms with Gasteiger partial charge < -0.3 is 9.47 Å². The van der Waals surface area contributed by atoms with E-state index in [2.05, 4.69) is 36.1 Å². The Kier molecular flexibility index (Phi) is 6.26. The van der Waals surface area contributed by atoms with Crippen molar-refractivity contribution in [3.8, 4) is 0 Å². The number of hydrogen-bond donors (Lipinski definition) is 0. The summed E-state index contributed by atoms with van der Waals surface area (Å²) in [7, 11) is 0. The van der Waals surface area contributed by atoms with Gasteiger partial charge in [0.25, 0.3) is 11.5 Å². The minimum absolute atomic E-state index is 0.211. The van der Waals surface area contributed by atoms with Crippen LogP contribution in [0.5, 0.6) is 0 Å². The van der Waals surface area contributed by atoms with Crippen LogP contribution in [-0.2, 0) is 19.5 Å². The predicted octanol–water partition coefficient (Wildman–Crippen LogP) is 3.54. The number of amides is 1. The summed E-state index contributed by atoms with van der Waals surface area (Å²) in [4.78, 5) is 33.5. The number of nitrogens with zero attached hydrogens (tertiary/aromatic N) is 5. The van der Waals surface area contributed by atoms with E-state index in [9.17, 15) is 9.59 Å². The average Bonchev–Trinajstić information content (AvgIpc) is 3.14. The molecular weight excluding hydrogens is 402 g/mol. The smallest absolute Gasteiger partial charge is 0.263 e. The van der Waals surface area contributed by atoms with E-state index in [4.69, 9.17) is 0 Å². The van der Waals surface area contributed by atoms with E-state index >= 15 is 0 Å². The molecule has 1 amide bonds. The summed E-state index contributed by atoms with van der Waals surface area (Å²) >= 11 is 0. The molecule has 0 saturated carbocycles. The van der Waals surface area contributed by atoms with E-state index in [1.807, 2.05) is 47.7 Å². The largest absolute Gasteiger partial charge is 0.326 e. The SMILES string of the molecule is Cc1nc2n(n1)CCN(C(=O)c1c(C)ccn(CCC(C)C)c1=O)[C@H]2Cc1ccccc1. The first kappa shape index (κ1) is 22.0. The standard InChI is InChI=1S/C25H31N5O2/c1-17(2)10-12-28-13-11-18(3)22(24(28)31)25(32)29-14-15-30-23(26-19(4)27-30)21(29)16-20-8-6-5-7-9-20/h5-9,11,13,17,21H,10,12,14-16H2,1-4H3/t21-/m0/s1. The van der Waals surface area contributed by atoms with Crippen molar-refractivity contribution in [3.63, 3.8) is 0 Å². The molecule has 4 rings (SSSR count). The highest BCUT2D eigenvalue weighted by Crippen LogP contribution is 2.29. The van der Waals surface area contributed by atoms with Crippen LogP contribution in [0.1, 0.15) is 59.4 Å². The second-order valence-corrected chi connectivity index (χ2v) is 9.00. The number of rotatable bonds is 6. The Hall–Kier alpha value is -3.22. The van der Waals surface area contributed by atoms with Crippen molar-refractivity contribution in [1.29, 1.82) is 0 Å². The van der Waals surface area contributed by atoms with Gasteiger partial charge in [-0.3, -0.25) is 9.59 Å². The summed E-state index contributed by atoms with van der Waals surface area (Å²) in [6.07, 6.45) is 3.31. The van der Waals surface area contributed by atoms with Crippen LogP contribution in [0.3, 0.4) is 0 Å². The first-order valence-electron chi connectivity index (χ1n) is 11.3. The monoisotopic (exact) mass is 433 g/mol. The lowest BCUT2D eigenvalue weighted by molar-refractivity contribution is 0.0605. The Balaban J connectivity index is 1.72. The Morgan fingerprint density at radius 1 is 1.12 bits per heavy atom. The van der Waals surface area contributed by atoms with Crippen LogP contribution in [-0.4, -0.2) is 36.7 Å². The molecule has 1 aliphatic heterocycles. The van der Waals surface area contributed by atoms with E-state index in [0.29, 0.717) is 43.4 Å². The maximum atomic E-state index is 13.8. The van der Waals surface area contributed by atoms with Crippen LogP contribution in [0.25, 0.3) is 0 Å². The van der Waals surface area contributed by atoms with Crippen molar-refractivity contribution < 1.29 is 4.79 Å². The first-order chi connectivity index (χ1) is 15.3. The maximum Gasteiger partial charge on any atom is 0.263 e. The molecule has 0 bridgehead atoms. The summed E-state index contributed by atoms with van der Waals surface area (Å²) in [5.41, 5.74) is 1.88. The average molecular weight is 434 g/mol. The van der Waals surface area contributed by atoms with E-state index in [0.717, 1.165) is 17.8 Å². The molecule has 3 heterocycles. The summed E-state index contributed by atoms with van der Waals surface area (Å²) in [5, 5.41) is 4.50. The molecule has 0 N–H and O–H groups in total. The lowest BCUT2D eigenvalue weighted by Crippen LogP contribution is -2.46. The topological polar surface area (TPSA) is 73.0 Å². The number of carbonyl (C=O) groups is 1. The Labute approximate surface area is 188 Å². The van der Waals surface area contributed by atoms with Crippen LogP contribution >= 0.6 is 0 Å². The van der Waals surface area contributed by atoms with Crippen LogP contribution in [0, 0.1) is 19.8 Å². The molecule has 1 aromatic carbocycles. The Bertz CT molecular complexity index is 1160. The molecule has 0 spiro atoms. The molecule has 0 radical (unpaired) electrons. The molecule has 7 heteroatoms. The number of aromatic nitrogens is 4. The minimum atomic E-state index is -0.275. The fourth-order valence-electron chi connectivity index (χ4n) is 4.30. The number of fused-ring (bicyclic) bond motifs is 1. The predicted molar refractivity (Wildman–Crippen MR) is 124 cm³/mol. The van der Waals surface area contributed by atoms with E-state index < -0.39 is 0 Å². The molecular formula is C25H31N5O2. The number of hydrogen-bond acceptors (Lipinski definition) is 4. The summed E-state index contributed by atoms with van der Waals surface area (Å²) < 4.78 is 3.56. The van der Waals surface area contributed by atoms with Crippen LogP contribution in [0.15, 0.2) is 47.4 Å². The third-order valence-corrected chi connectivity index (χ3v) is 6.10. The van der Waals surface area contributed by atoms with Crippen molar-refractivity contribution in [2.45, 2.75) is 59.7 Å². The molecule has 7 nitrogen and oxygen atoms in total. The van der Waals surface area contributed by atoms with E-state index in [1.54, 1.807) is 10.8 Å². The highest BCUT2D eigenvalue weighted by atomic mass is 16.2. The highest BCUT2D eigenvalue weighted by Gasteiger charge is 2.35. The Morgan fingerprint density at radius 3 is 2.59 bits per heavy atom. The zero-order valence-corrected chi connectivity index (χ0v) is 19.3. The van der Waals surface area contributed by atoms with Gasteiger partial charge in [-0.2, -0.15) is 5.10 Å². The van der Waals surface area contributed by atoms with Crippen LogP contribution in [0.4, 0.5) is 0 Å². The van der Waals surface area contributed by atoms with Gasteiger partial charge in [0.15, 0.2) is 0 Å². The van der Waals surface area contributed by atoms with Crippen molar-refractivity contribution in [1.82, 2.24) is 24.2 Å². The van der Waals surface area contributed by atoms with Crippen LogP contribution < -0.4 is 5.56 Å². The fraction of sp³-hybridized carbons (Fsp3) is 0.440. The molecule has 32 heavy (non-hydrogen) atoms. The van der Waals surface area contributed by atoms with Gasteiger partial charge in [-0.05, 0) is 43.4 Å². The Morgan fingerprint density at radius 2 is 1.88 bits per heavy atom. The number of aryl methyl sites for hydroxylation is 3. The van der Waals surface area contributed by atoms with Crippen LogP contribution in [0.2, 0.25) is 0 Å². The molecule has 2 aromatic heterocycles. The molecule has 0 saturated heterocycles. The molecule has 0 aliphatic carbocycles.